The van der Waals surface area contributed by atoms with E-state index in [2.05, 4.69) is 35.3 Å². The van der Waals surface area contributed by atoms with Crippen molar-refractivity contribution in [3.05, 3.63) is 35.9 Å². The van der Waals surface area contributed by atoms with E-state index in [1.807, 2.05) is 30.3 Å². The number of hydrogen-bond donors (Lipinski definition) is 3. The second-order valence-electron chi connectivity index (χ2n) is 7.31. The molecular formula is C20H31N3O3. The summed E-state index contributed by atoms with van der Waals surface area (Å²) in [6.07, 6.45) is 1.59. The quantitative estimate of drug-likeness (QED) is 0.527. The molecule has 6 nitrogen and oxygen atoms in total. The number of amides is 1. The normalized spacial score (nSPS) is 13.5. The number of carbonyl (C=O) groups is 1. The van der Waals surface area contributed by atoms with Crippen molar-refractivity contribution in [2.24, 2.45) is 5.41 Å². The maximum atomic E-state index is 11.6. The zero-order valence-electron chi connectivity index (χ0n) is 16.0. The molecule has 0 radical (unpaired) electrons. The molecule has 0 aliphatic rings. The number of ether oxygens (including phenoxy) is 1. The van der Waals surface area contributed by atoms with E-state index in [-0.39, 0.29) is 5.41 Å². The van der Waals surface area contributed by atoms with E-state index in [1.165, 1.54) is 7.11 Å². The Bertz CT molecular complexity index is 569. The second kappa shape index (κ2) is 11.5. The van der Waals surface area contributed by atoms with Crippen LogP contribution in [-0.4, -0.2) is 43.5 Å². The smallest absolute Gasteiger partial charge is 0.407 e. The molecule has 0 bridgehead atoms. The third-order valence-corrected chi connectivity index (χ3v) is 4.35. The summed E-state index contributed by atoms with van der Waals surface area (Å²) in [4.78, 5) is 11.6. The standard InChI is InChI=1S/C20H31N3O3/c1-20(2,11-7-8-12-21)15-22-14-18(24)17(23-19(25)26-3)13-16-9-5-4-6-10-16/h4-6,9-10,17-18,22,24H,7-8,11,13-15H2,1-3H3,(H,23,25). The summed E-state index contributed by atoms with van der Waals surface area (Å²) in [6, 6.07) is 11.4. The molecule has 2 atom stereocenters. The number of hydrogen-bond acceptors (Lipinski definition) is 5. The fourth-order valence-corrected chi connectivity index (χ4v) is 2.80. The van der Waals surface area contributed by atoms with Crippen molar-refractivity contribution in [2.45, 2.75) is 51.7 Å². The van der Waals surface area contributed by atoms with Gasteiger partial charge < -0.3 is 20.5 Å². The van der Waals surface area contributed by atoms with Crippen LogP contribution in [0.4, 0.5) is 4.79 Å². The molecule has 0 saturated carbocycles. The van der Waals surface area contributed by atoms with Gasteiger partial charge in [0.25, 0.3) is 0 Å². The van der Waals surface area contributed by atoms with Gasteiger partial charge in [-0.3, -0.25) is 0 Å². The number of nitrogens with zero attached hydrogens (tertiary/aromatic N) is 1. The zero-order chi connectivity index (χ0) is 19.4. The van der Waals surface area contributed by atoms with Crippen LogP contribution < -0.4 is 10.6 Å². The Kier molecular flexibility index (Phi) is 9.71. The van der Waals surface area contributed by atoms with Crippen molar-refractivity contribution in [3.63, 3.8) is 0 Å². The topological polar surface area (TPSA) is 94.4 Å². The Labute approximate surface area is 156 Å². The molecule has 26 heavy (non-hydrogen) atoms. The number of alkyl carbamates (subject to hydrolysis) is 1. The Balaban J connectivity index is 2.55. The minimum Gasteiger partial charge on any atom is -0.453 e. The van der Waals surface area contributed by atoms with Crippen molar-refractivity contribution >= 4 is 6.09 Å². The summed E-state index contributed by atoms with van der Waals surface area (Å²) in [5, 5.41) is 25.2. The molecule has 0 aromatic heterocycles. The SMILES string of the molecule is COC(=O)NC(Cc1ccccc1)C(O)CNCC(C)(C)CCCC#N. The summed E-state index contributed by atoms with van der Waals surface area (Å²) in [6.45, 7) is 5.37. The Morgan fingerprint density at radius 3 is 2.65 bits per heavy atom. The monoisotopic (exact) mass is 361 g/mol. The minimum absolute atomic E-state index is 0.0429. The van der Waals surface area contributed by atoms with Gasteiger partial charge in [-0.25, -0.2) is 4.79 Å². The van der Waals surface area contributed by atoms with Crippen molar-refractivity contribution in [2.75, 3.05) is 20.2 Å². The van der Waals surface area contributed by atoms with Crippen molar-refractivity contribution in [1.82, 2.24) is 10.6 Å². The Hall–Kier alpha value is -2.10. The molecule has 0 heterocycles. The van der Waals surface area contributed by atoms with Crippen LogP contribution in [0.3, 0.4) is 0 Å². The molecule has 0 saturated heterocycles. The van der Waals surface area contributed by atoms with Crippen molar-refractivity contribution in [3.8, 4) is 6.07 Å². The van der Waals surface area contributed by atoms with Crippen LogP contribution in [-0.2, 0) is 11.2 Å². The predicted octanol–water partition coefficient (Wildman–Crippen LogP) is 2.62. The average molecular weight is 361 g/mol. The zero-order valence-corrected chi connectivity index (χ0v) is 16.0. The lowest BCUT2D eigenvalue weighted by molar-refractivity contribution is 0.109. The molecule has 1 aromatic carbocycles. The largest absolute Gasteiger partial charge is 0.453 e. The van der Waals surface area contributed by atoms with Crippen molar-refractivity contribution < 1.29 is 14.6 Å². The van der Waals surface area contributed by atoms with Gasteiger partial charge in [-0.2, -0.15) is 5.26 Å². The maximum Gasteiger partial charge on any atom is 0.407 e. The van der Waals surface area contributed by atoms with E-state index in [1.54, 1.807) is 0 Å². The highest BCUT2D eigenvalue weighted by Gasteiger charge is 2.23. The highest BCUT2D eigenvalue weighted by Crippen LogP contribution is 2.22. The number of carbonyl (C=O) groups excluding carboxylic acids is 1. The predicted molar refractivity (Wildman–Crippen MR) is 102 cm³/mol. The van der Waals surface area contributed by atoms with Crippen LogP contribution in [0.2, 0.25) is 0 Å². The number of benzene rings is 1. The third kappa shape index (κ3) is 8.84. The van der Waals surface area contributed by atoms with Crippen LogP contribution in [0.25, 0.3) is 0 Å². The number of nitrogens with one attached hydrogen (secondary N) is 2. The first-order valence-corrected chi connectivity index (χ1v) is 9.02. The van der Waals surface area contributed by atoms with Crippen LogP contribution in [0.5, 0.6) is 0 Å². The molecule has 6 heteroatoms. The number of aliphatic hydroxyl groups is 1. The summed E-state index contributed by atoms with van der Waals surface area (Å²) in [5.74, 6) is 0. The van der Waals surface area contributed by atoms with Gasteiger partial charge in [0.1, 0.15) is 0 Å². The van der Waals surface area contributed by atoms with Crippen molar-refractivity contribution in [1.29, 1.82) is 5.26 Å². The van der Waals surface area contributed by atoms with Crippen LogP contribution in [0.1, 0.15) is 38.7 Å². The molecule has 0 aliphatic carbocycles. The first-order valence-electron chi connectivity index (χ1n) is 9.02. The number of nitriles is 1. The fourth-order valence-electron chi connectivity index (χ4n) is 2.80. The van der Waals surface area contributed by atoms with Gasteiger partial charge >= 0.3 is 6.09 Å². The molecule has 0 aliphatic heterocycles. The van der Waals surface area contributed by atoms with E-state index in [9.17, 15) is 9.90 Å². The molecule has 144 valence electrons. The minimum atomic E-state index is -0.746. The Morgan fingerprint density at radius 1 is 1.35 bits per heavy atom. The molecule has 1 rings (SSSR count). The van der Waals surface area contributed by atoms with Crippen LogP contribution in [0.15, 0.2) is 30.3 Å². The highest BCUT2D eigenvalue weighted by atomic mass is 16.5. The van der Waals surface area contributed by atoms with E-state index in [0.717, 1.165) is 24.9 Å². The lowest BCUT2D eigenvalue weighted by Crippen LogP contribution is -2.49. The molecule has 2 unspecified atom stereocenters. The van der Waals surface area contributed by atoms with Crippen LogP contribution in [0, 0.1) is 16.7 Å². The molecule has 0 spiro atoms. The van der Waals surface area contributed by atoms with Gasteiger partial charge in [0.2, 0.25) is 0 Å². The third-order valence-electron chi connectivity index (χ3n) is 4.35. The maximum absolute atomic E-state index is 11.6. The van der Waals surface area contributed by atoms with Crippen LogP contribution >= 0.6 is 0 Å². The van der Waals surface area contributed by atoms with Gasteiger partial charge in [0, 0.05) is 19.5 Å². The first kappa shape index (κ1) is 21.9. The summed E-state index contributed by atoms with van der Waals surface area (Å²) in [7, 11) is 1.31. The van der Waals surface area contributed by atoms with Gasteiger partial charge in [0.15, 0.2) is 0 Å². The van der Waals surface area contributed by atoms with Gasteiger partial charge in [-0.05, 0) is 30.2 Å². The van der Waals surface area contributed by atoms with E-state index in [0.29, 0.717) is 19.4 Å². The highest BCUT2D eigenvalue weighted by molar-refractivity contribution is 5.67. The lowest BCUT2D eigenvalue weighted by Gasteiger charge is -2.28. The van der Waals surface area contributed by atoms with Gasteiger partial charge in [0.05, 0.1) is 25.3 Å². The molecule has 1 amide bonds. The average Bonchev–Trinajstić information content (AvgIpc) is 2.61. The summed E-state index contributed by atoms with van der Waals surface area (Å²) < 4.78 is 4.67. The number of unbranched alkanes of at least 4 members (excludes halogenated alkanes) is 1. The number of methoxy groups -OCH3 is 1. The molecule has 0 fully saturated rings. The summed E-state index contributed by atoms with van der Waals surface area (Å²) >= 11 is 0. The molecule has 3 N–H and O–H groups in total. The van der Waals surface area contributed by atoms with E-state index >= 15 is 0 Å². The summed E-state index contributed by atoms with van der Waals surface area (Å²) in [5.41, 5.74) is 1.08. The molecule has 1 aromatic rings. The first-order chi connectivity index (χ1) is 12.4. The molecular weight excluding hydrogens is 330 g/mol. The number of rotatable bonds is 11. The van der Waals surface area contributed by atoms with E-state index in [4.69, 9.17) is 5.26 Å². The van der Waals surface area contributed by atoms with Gasteiger partial charge in [-0.1, -0.05) is 44.2 Å². The van der Waals surface area contributed by atoms with E-state index < -0.39 is 18.2 Å². The lowest BCUT2D eigenvalue weighted by atomic mass is 9.87. The Morgan fingerprint density at radius 2 is 2.04 bits per heavy atom. The number of aliphatic hydroxyl groups excluding tert-OH is 1. The van der Waals surface area contributed by atoms with Gasteiger partial charge in [-0.15, -0.1) is 0 Å². The second-order valence-corrected chi connectivity index (χ2v) is 7.31. The fraction of sp³-hybridized carbons (Fsp3) is 0.600.